The molecule has 168 valence electrons. The van der Waals surface area contributed by atoms with E-state index in [1.165, 1.54) is 11.4 Å². The van der Waals surface area contributed by atoms with Gasteiger partial charge >= 0.3 is 0 Å². The van der Waals surface area contributed by atoms with Gasteiger partial charge in [0.1, 0.15) is 5.75 Å². The predicted octanol–water partition coefficient (Wildman–Crippen LogP) is 4.71. The van der Waals surface area contributed by atoms with Crippen molar-refractivity contribution < 1.29 is 17.9 Å². The van der Waals surface area contributed by atoms with E-state index in [2.05, 4.69) is 5.32 Å². The molecule has 3 rings (SSSR count). The second-order valence-corrected chi connectivity index (χ2v) is 9.55. The van der Waals surface area contributed by atoms with Crippen LogP contribution in [0.3, 0.4) is 0 Å². The Labute approximate surface area is 189 Å². The Bertz CT molecular complexity index is 1190. The summed E-state index contributed by atoms with van der Waals surface area (Å²) in [7, 11) is -2.16. The quantitative estimate of drug-likeness (QED) is 0.537. The van der Waals surface area contributed by atoms with E-state index in [-0.39, 0.29) is 17.4 Å². The normalized spacial score (nSPS) is 11.1. The maximum Gasteiger partial charge on any atom is 0.264 e. The Morgan fingerprint density at radius 2 is 1.62 bits per heavy atom. The van der Waals surface area contributed by atoms with E-state index in [0.717, 1.165) is 28.8 Å². The Balaban J connectivity index is 1.63. The zero-order chi connectivity index (χ0) is 23.3. The molecule has 0 aliphatic carbocycles. The summed E-state index contributed by atoms with van der Waals surface area (Å²) in [5, 5.41) is 2.92. The number of carbonyl (C=O) groups excluding carboxylic acids is 1. The number of aryl methyl sites for hydroxylation is 3. The van der Waals surface area contributed by atoms with Gasteiger partial charge in [0.2, 0.25) is 0 Å². The predicted molar refractivity (Wildman–Crippen MR) is 128 cm³/mol. The highest BCUT2D eigenvalue weighted by atomic mass is 32.2. The summed E-state index contributed by atoms with van der Waals surface area (Å²) in [6.45, 7) is 5.76. The highest BCUT2D eigenvalue weighted by Crippen LogP contribution is 2.25. The number of nitrogens with zero attached hydrogens (tertiary/aromatic N) is 1. The van der Waals surface area contributed by atoms with E-state index in [9.17, 15) is 13.2 Å². The molecule has 0 fully saturated rings. The molecule has 6 nitrogen and oxygen atoms in total. The van der Waals surface area contributed by atoms with Crippen LogP contribution < -0.4 is 14.4 Å². The van der Waals surface area contributed by atoms with Crippen LogP contribution in [-0.4, -0.2) is 28.0 Å². The molecular formula is C25H28N2O4S. The van der Waals surface area contributed by atoms with Crippen LogP contribution >= 0.6 is 0 Å². The molecular weight excluding hydrogens is 424 g/mol. The minimum atomic E-state index is -3.66. The smallest absolute Gasteiger partial charge is 0.264 e. The third-order valence-electron chi connectivity index (χ3n) is 5.25. The molecule has 1 amide bonds. The highest BCUT2D eigenvalue weighted by Gasteiger charge is 2.21. The van der Waals surface area contributed by atoms with Crippen LogP contribution in [0.15, 0.2) is 71.6 Å². The SMILES string of the molecule is CCc1cccc(C)c1NC(=O)COc1ccc(N(C)S(=O)(=O)c2ccc(C)cc2)cc1. The number of sulfonamides is 1. The van der Waals surface area contributed by atoms with Gasteiger partial charge in [-0.1, -0.05) is 42.8 Å². The molecule has 1 N–H and O–H groups in total. The summed E-state index contributed by atoms with van der Waals surface area (Å²) in [6, 6.07) is 19.2. The number of ether oxygens (including phenoxy) is 1. The first-order valence-electron chi connectivity index (χ1n) is 10.4. The topological polar surface area (TPSA) is 75.7 Å². The van der Waals surface area contributed by atoms with E-state index in [4.69, 9.17) is 4.74 Å². The summed E-state index contributed by atoms with van der Waals surface area (Å²) in [6.07, 6.45) is 0.818. The lowest BCUT2D eigenvalue weighted by Gasteiger charge is -2.20. The van der Waals surface area contributed by atoms with Crippen molar-refractivity contribution in [3.8, 4) is 5.75 Å². The lowest BCUT2D eigenvalue weighted by Crippen LogP contribution is -2.26. The minimum Gasteiger partial charge on any atom is -0.484 e. The average Bonchev–Trinajstić information content (AvgIpc) is 2.79. The Morgan fingerprint density at radius 3 is 2.25 bits per heavy atom. The van der Waals surface area contributed by atoms with Crippen molar-refractivity contribution >= 4 is 27.3 Å². The Hall–Kier alpha value is -3.32. The number of rotatable bonds is 8. The second-order valence-electron chi connectivity index (χ2n) is 7.58. The van der Waals surface area contributed by atoms with Gasteiger partial charge in [0.15, 0.2) is 6.61 Å². The molecule has 0 aliphatic rings. The van der Waals surface area contributed by atoms with E-state index >= 15 is 0 Å². The lowest BCUT2D eigenvalue weighted by atomic mass is 10.1. The fourth-order valence-electron chi connectivity index (χ4n) is 3.29. The zero-order valence-electron chi connectivity index (χ0n) is 18.8. The number of hydrogen-bond acceptors (Lipinski definition) is 4. The van der Waals surface area contributed by atoms with Gasteiger partial charge in [-0.3, -0.25) is 9.10 Å². The number of para-hydroxylation sites is 1. The van der Waals surface area contributed by atoms with E-state index < -0.39 is 10.0 Å². The molecule has 3 aromatic carbocycles. The number of nitrogens with one attached hydrogen (secondary N) is 1. The summed E-state index contributed by atoms with van der Waals surface area (Å²) < 4.78 is 32.5. The molecule has 0 heterocycles. The van der Waals surface area contributed by atoms with Crippen LogP contribution in [0.4, 0.5) is 11.4 Å². The van der Waals surface area contributed by atoms with Gasteiger partial charge in [-0.05, 0) is 67.8 Å². The fraction of sp³-hybridized carbons (Fsp3) is 0.240. The van der Waals surface area contributed by atoms with Gasteiger partial charge in [0.25, 0.3) is 15.9 Å². The van der Waals surface area contributed by atoms with Crippen LogP contribution in [0.5, 0.6) is 5.75 Å². The summed E-state index contributed by atoms with van der Waals surface area (Å²) in [4.78, 5) is 12.6. The molecule has 0 atom stereocenters. The Kier molecular flexibility index (Phi) is 7.20. The monoisotopic (exact) mass is 452 g/mol. The zero-order valence-corrected chi connectivity index (χ0v) is 19.6. The molecule has 32 heavy (non-hydrogen) atoms. The van der Waals surface area contributed by atoms with Gasteiger partial charge in [-0.25, -0.2) is 8.42 Å². The third-order valence-corrected chi connectivity index (χ3v) is 7.05. The van der Waals surface area contributed by atoms with Crippen molar-refractivity contribution in [2.24, 2.45) is 0 Å². The first kappa shape index (κ1) is 23.3. The summed E-state index contributed by atoms with van der Waals surface area (Å²) in [5.74, 6) is 0.225. The number of amides is 1. The largest absolute Gasteiger partial charge is 0.484 e. The number of anilines is 2. The molecule has 3 aromatic rings. The summed E-state index contributed by atoms with van der Waals surface area (Å²) >= 11 is 0. The van der Waals surface area contributed by atoms with Crippen LogP contribution in [-0.2, 0) is 21.2 Å². The van der Waals surface area contributed by atoms with E-state index in [1.54, 1.807) is 48.5 Å². The van der Waals surface area contributed by atoms with Gasteiger partial charge in [0, 0.05) is 12.7 Å². The molecule has 0 aliphatic heterocycles. The van der Waals surface area contributed by atoms with Gasteiger partial charge in [-0.2, -0.15) is 0 Å². The summed E-state index contributed by atoms with van der Waals surface area (Å²) in [5.41, 5.74) is 4.38. The molecule has 0 saturated carbocycles. The van der Waals surface area contributed by atoms with Crippen LogP contribution in [0, 0.1) is 13.8 Å². The van der Waals surface area contributed by atoms with E-state index in [1.807, 2.05) is 39.0 Å². The molecule has 0 saturated heterocycles. The number of hydrogen-bond donors (Lipinski definition) is 1. The van der Waals surface area contributed by atoms with Crippen LogP contribution in [0.1, 0.15) is 23.6 Å². The standard InChI is InChI=1S/C25H28N2O4S/c1-5-20-8-6-7-19(3)25(20)26-24(28)17-31-22-13-11-21(12-14-22)27(4)32(29,30)23-15-9-18(2)10-16-23/h6-16H,5,17H2,1-4H3,(H,26,28). The molecule has 7 heteroatoms. The maximum absolute atomic E-state index is 12.8. The average molecular weight is 453 g/mol. The molecule has 0 radical (unpaired) electrons. The number of carbonyl (C=O) groups is 1. The number of benzene rings is 3. The van der Waals surface area contributed by atoms with Crippen molar-refractivity contribution in [1.82, 2.24) is 0 Å². The third kappa shape index (κ3) is 5.29. The van der Waals surface area contributed by atoms with Crippen LogP contribution in [0.2, 0.25) is 0 Å². The molecule has 0 bridgehead atoms. The van der Waals surface area contributed by atoms with Gasteiger partial charge in [0.05, 0.1) is 10.6 Å². The van der Waals surface area contributed by atoms with Crippen molar-refractivity contribution in [2.45, 2.75) is 32.1 Å². The van der Waals surface area contributed by atoms with Crippen LogP contribution in [0.25, 0.3) is 0 Å². The van der Waals surface area contributed by atoms with Crippen molar-refractivity contribution in [3.63, 3.8) is 0 Å². The van der Waals surface area contributed by atoms with Crippen molar-refractivity contribution in [2.75, 3.05) is 23.3 Å². The minimum absolute atomic E-state index is 0.145. The highest BCUT2D eigenvalue weighted by molar-refractivity contribution is 7.92. The van der Waals surface area contributed by atoms with Crippen molar-refractivity contribution in [3.05, 3.63) is 83.4 Å². The van der Waals surface area contributed by atoms with Gasteiger partial charge < -0.3 is 10.1 Å². The maximum atomic E-state index is 12.8. The van der Waals surface area contributed by atoms with Crippen molar-refractivity contribution in [1.29, 1.82) is 0 Å². The first-order valence-corrected chi connectivity index (χ1v) is 11.8. The molecule has 0 aromatic heterocycles. The first-order chi connectivity index (χ1) is 15.2. The fourth-order valence-corrected chi connectivity index (χ4v) is 4.48. The van der Waals surface area contributed by atoms with E-state index in [0.29, 0.717) is 11.4 Å². The lowest BCUT2D eigenvalue weighted by molar-refractivity contribution is -0.118. The van der Waals surface area contributed by atoms with Gasteiger partial charge in [-0.15, -0.1) is 0 Å². The molecule has 0 spiro atoms. The second kappa shape index (κ2) is 9.87. The molecule has 0 unspecified atom stereocenters. The Morgan fingerprint density at radius 1 is 0.969 bits per heavy atom.